The smallest absolute Gasteiger partial charge is 0.415 e. The summed E-state index contributed by atoms with van der Waals surface area (Å²) in [6.45, 7) is -0.659. The molecule has 0 spiro atoms. The minimum Gasteiger partial charge on any atom is -0.504 e. The number of urea groups is 1. The lowest BCUT2D eigenvalue weighted by Crippen LogP contribution is -2.60. The quantitative estimate of drug-likeness (QED) is 0.251. The highest BCUT2D eigenvalue weighted by Crippen LogP contribution is 2.47. The van der Waals surface area contributed by atoms with Crippen LogP contribution in [0.15, 0.2) is 54.3 Å². The van der Waals surface area contributed by atoms with Crippen molar-refractivity contribution in [1.29, 1.82) is 0 Å². The molecule has 1 aliphatic heterocycles. The number of aliphatic hydroxyl groups is 3. The molecular formula is C28H26N2O11. The van der Waals surface area contributed by atoms with Gasteiger partial charge in [0, 0.05) is 16.3 Å². The SMILES string of the molecule is COC1=Cc2cc(O)c(OC3OC(COC(=O)NC(N)=O)C(O)C(O)C3O)c3c(-c4ccccc4)ccc(c23)C1=O. The normalized spacial score (nSPS) is 23.5. The highest BCUT2D eigenvalue weighted by Gasteiger charge is 2.46. The van der Waals surface area contributed by atoms with Gasteiger partial charge in [-0.3, -0.25) is 4.79 Å². The Morgan fingerprint density at radius 1 is 1.00 bits per heavy atom. The summed E-state index contributed by atoms with van der Waals surface area (Å²) in [6.07, 6.45) is -8.18. The zero-order valence-electron chi connectivity index (χ0n) is 21.5. The molecule has 5 atom stereocenters. The van der Waals surface area contributed by atoms with Crippen molar-refractivity contribution in [3.05, 3.63) is 65.4 Å². The summed E-state index contributed by atoms with van der Waals surface area (Å²) in [6, 6.07) is 12.6. The van der Waals surface area contributed by atoms with Crippen molar-refractivity contribution < 1.29 is 53.8 Å². The van der Waals surface area contributed by atoms with Crippen LogP contribution in [0, 0.1) is 0 Å². The first kappa shape index (κ1) is 27.9. The largest absolute Gasteiger partial charge is 0.504 e. The molecule has 3 amide bonds. The van der Waals surface area contributed by atoms with E-state index in [-0.39, 0.29) is 28.6 Å². The molecule has 1 saturated heterocycles. The molecule has 7 N–H and O–H groups in total. The Balaban J connectivity index is 1.58. The summed E-state index contributed by atoms with van der Waals surface area (Å²) >= 11 is 0. The number of nitrogens with one attached hydrogen (secondary N) is 1. The molecule has 13 nitrogen and oxygen atoms in total. The minimum atomic E-state index is -1.81. The molecule has 3 aromatic rings. The Labute approximate surface area is 232 Å². The summed E-state index contributed by atoms with van der Waals surface area (Å²) in [5, 5.41) is 45.2. The number of hydrogen-bond donors (Lipinski definition) is 6. The Morgan fingerprint density at radius 2 is 1.71 bits per heavy atom. The Hall–Kier alpha value is -4.69. The molecule has 13 heteroatoms. The number of hydrogen-bond acceptors (Lipinski definition) is 11. The van der Waals surface area contributed by atoms with Crippen LogP contribution in [-0.2, 0) is 14.2 Å². The third kappa shape index (κ3) is 5.14. The van der Waals surface area contributed by atoms with E-state index in [1.165, 1.54) is 19.3 Å². The first-order chi connectivity index (χ1) is 19.6. The van der Waals surface area contributed by atoms with Crippen LogP contribution < -0.4 is 15.8 Å². The van der Waals surface area contributed by atoms with Crippen LogP contribution in [-0.4, -0.2) is 82.8 Å². The van der Waals surface area contributed by atoms with Gasteiger partial charge in [-0.05, 0) is 34.9 Å². The van der Waals surface area contributed by atoms with Crippen LogP contribution in [0.4, 0.5) is 9.59 Å². The number of nitrogens with two attached hydrogens (primary N) is 1. The number of phenols is 1. The van der Waals surface area contributed by atoms with Crippen molar-refractivity contribution in [3.8, 4) is 22.6 Å². The van der Waals surface area contributed by atoms with Crippen LogP contribution >= 0.6 is 0 Å². The van der Waals surface area contributed by atoms with Crippen LogP contribution in [0.5, 0.6) is 11.5 Å². The number of carbonyl (C=O) groups is 3. The number of imide groups is 1. The fourth-order valence-electron chi connectivity index (χ4n) is 4.89. The average molecular weight is 567 g/mol. The first-order valence-electron chi connectivity index (χ1n) is 12.4. The van der Waals surface area contributed by atoms with Crippen molar-refractivity contribution in [2.75, 3.05) is 13.7 Å². The van der Waals surface area contributed by atoms with Crippen molar-refractivity contribution in [3.63, 3.8) is 0 Å². The molecule has 5 rings (SSSR count). The second-order valence-corrected chi connectivity index (χ2v) is 9.35. The number of rotatable bonds is 6. The maximum atomic E-state index is 13.1. The van der Waals surface area contributed by atoms with Crippen LogP contribution in [0.1, 0.15) is 15.9 Å². The summed E-state index contributed by atoms with van der Waals surface area (Å²) < 4.78 is 21.7. The number of carbonyl (C=O) groups excluding carboxylic acids is 3. The highest BCUT2D eigenvalue weighted by molar-refractivity contribution is 6.25. The molecule has 41 heavy (non-hydrogen) atoms. The summed E-state index contributed by atoms with van der Waals surface area (Å²) in [7, 11) is 1.36. The minimum absolute atomic E-state index is 0.0747. The molecule has 1 heterocycles. The third-order valence-electron chi connectivity index (χ3n) is 6.81. The van der Waals surface area contributed by atoms with Gasteiger partial charge in [0.25, 0.3) is 0 Å². The lowest BCUT2D eigenvalue weighted by atomic mass is 9.86. The van der Waals surface area contributed by atoms with Gasteiger partial charge in [0.2, 0.25) is 12.1 Å². The van der Waals surface area contributed by atoms with E-state index in [4.69, 9.17) is 24.7 Å². The van der Waals surface area contributed by atoms with Gasteiger partial charge in [0.15, 0.2) is 17.3 Å². The fourth-order valence-corrected chi connectivity index (χ4v) is 4.89. The number of ether oxygens (including phenoxy) is 4. The van der Waals surface area contributed by atoms with Gasteiger partial charge in [-0.25, -0.2) is 14.9 Å². The Bertz CT molecular complexity index is 1560. The molecule has 5 unspecified atom stereocenters. The number of aliphatic hydroxyl groups excluding tert-OH is 3. The van der Waals surface area contributed by atoms with Gasteiger partial charge in [0.05, 0.1) is 7.11 Å². The number of alkyl carbamates (subject to hydrolysis) is 1. The van der Waals surface area contributed by atoms with E-state index in [2.05, 4.69) is 0 Å². The van der Waals surface area contributed by atoms with Crippen molar-refractivity contribution in [2.24, 2.45) is 5.73 Å². The topological polar surface area (TPSA) is 207 Å². The van der Waals surface area contributed by atoms with E-state index in [1.54, 1.807) is 17.4 Å². The van der Waals surface area contributed by atoms with Crippen LogP contribution in [0.2, 0.25) is 0 Å². The molecule has 0 radical (unpaired) electrons. The zero-order chi connectivity index (χ0) is 29.4. The summed E-state index contributed by atoms with van der Waals surface area (Å²) in [5.74, 6) is -0.871. The number of Topliss-reactive ketones (excluding diaryl/α,β-unsaturated/α-hetero) is 1. The van der Waals surface area contributed by atoms with Crippen molar-refractivity contribution in [1.82, 2.24) is 5.32 Å². The van der Waals surface area contributed by atoms with Crippen molar-refractivity contribution in [2.45, 2.75) is 30.7 Å². The number of aromatic hydroxyl groups is 1. The molecule has 3 aromatic carbocycles. The standard InChI is InChI=1S/C28H26N2O11/c1-38-17-10-13-9-16(31)25(20-14(12-5-3-2-4-6-12)7-8-15(19(13)20)21(17)32)41-26-24(35)23(34)22(33)18(40-26)11-39-28(37)30-27(29)36/h2-10,18,22-24,26,31,33-35H,11H2,1H3,(H3,29,30,36,37). The molecule has 0 aromatic heterocycles. The number of amides is 3. The lowest BCUT2D eigenvalue weighted by Gasteiger charge is -2.40. The fraction of sp³-hybridized carbons (Fsp3) is 0.250. The molecule has 1 fully saturated rings. The number of methoxy groups -OCH3 is 1. The molecule has 2 aliphatic rings. The number of benzene rings is 3. The first-order valence-corrected chi connectivity index (χ1v) is 12.4. The van der Waals surface area contributed by atoms with E-state index >= 15 is 0 Å². The van der Waals surface area contributed by atoms with Gasteiger partial charge in [-0.2, -0.15) is 0 Å². The van der Waals surface area contributed by atoms with Crippen molar-refractivity contribution >= 4 is 34.8 Å². The van der Waals surface area contributed by atoms with Gasteiger partial charge in [-0.1, -0.05) is 36.4 Å². The Kier molecular flexibility index (Phi) is 7.51. The van der Waals surface area contributed by atoms with E-state index in [0.717, 1.165) is 5.56 Å². The van der Waals surface area contributed by atoms with E-state index in [0.29, 0.717) is 21.9 Å². The van der Waals surface area contributed by atoms with E-state index in [1.807, 2.05) is 30.3 Å². The predicted octanol–water partition coefficient (Wildman–Crippen LogP) is 1.39. The third-order valence-corrected chi connectivity index (χ3v) is 6.81. The monoisotopic (exact) mass is 566 g/mol. The van der Waals surface area contributed by atoms with Gasteiger partial charge in [-0.15, -0.1) is 0 Å². The second kappa shape index (κ2) is 11.1. The van der Waals surface area contributed by atoms with E-state index < -0.39 is 49.4 Å². The maximum absolute atomic E-state index is 13.1. The highest BCUT2D eigenvalue weighted by atomic mass is 16.7. The molecular weight excluding hydrogens is 540 g/mol. The molecule has 0 bridgehead atoms. The number of ketones is 1. The molecule has 214 valence electrons. The van der Waals surface area contributed by atoms with Crippen LogP contribution in [0.25, 0.3) is 28.0 Å². The average Bonchev–Trinajstić information content (AvgIpc) is 2.95. The molecule has 1 aliphatic carbocycles. The second-order valence-electron chi connectivity index (χ2n) is 9.35. The molecule has 0 saturated carbocycles. The number of phenolic OH excluding ortho intramolecular Hbond substituents is 1. The summed E-state index contributed by atoms with van der Waals surface area (Å²) in [5.41, 5.74) is 6.93. The predicted molar refractivity (Wildman–Crippen MR) is 142 cm³/mol. The Morgan fingerprint density at radius 3 is 2.39 bits per heavy atom. The number of primary amides is 1. The van der Waals surface area contributed by atoms with E-state index in [9.17, 15) is 34.8 Å². The number of allylic oxidation sites excluding steroid dienone is 1. The maximum Gasteiger partial charge on any atom is 0.415 e. The zero-order valence-corrected chi connectivity index (χ0v) is 21.5. The van der Waals surface area contributed by atoms with Gasteiger partial charge < -0.3 is 45.1 Å². The lowest BCUT2D eigenvalue weighted by molar-refractivity contribution is -0.277. The van der Waals surface area contributed by atoms with Gasteiger partial charge >= 0.3 is 12.1 Å². The van der Waals surface area contributed by atoms with Crippen LogP contribution in [0.3, 0.4) is 0 Å². The summed E-state index contributed by atoms with van der Waals surface area (Å²) in [4.78, 5) is 35.7. The van der Waals surface area contributed by atoms with Gasteiger partial charge in [0.1, 0.15) is 31.0 Å².